The molecule has 2 N–H and O–H groups in total. The minimum Gasteiger partial charge on any atom is -0.480 e. The average Bonchev–Trinajstić information content (AvgIpc) is 3.02. The number of carboxylic acid groups (broad SMARTS) is 1. The van der Waals surface area contributed by atoms with Crippen molar-refractivity contribution in [3.05, 3.63) is 46.4 Å². The Bertz CT molecular complexity index is 730. The summed E-state index contributed by atoms with van der Waals surface area (Å²) in [5.74, 6) is -1.83. The molecule has 126 valence electrons. The molecule has 0 aromatic carbocycles. The summed E-state index contributed by atoms with van der Waals surface area (Å²) < 4.78 is 0. The first-order valence-corrected chi connectivity index (χ1v) is 8.20. The van der Waals surface area contributed by atoms with Gasteiger partial charge in [-0.15, -0.1) is 11.3 Å². The number of aromatic nitrogens is 1. The lowest BCUT2D eigenvalue weighted by atomic mass is 10.2. The Kier molecular flexibility index (Phi) is 6.02. The van der Waals surface area contributed by atoms with Gasteiger partial charge in [-0.1, -0.05) is 6.92 Å². The van der Waals surface area contributed by atoms with Crippen LogP contribution in [0.25, 0.3) is 0 Å². The molecule has 0 aliphatic carbocycles. The smallest absolute Gasteiger partial charge is 0.323 e. The van der Waals surface area contributed by atoms with Crippen molar-refractivity contribution in [2.45, 2.75) is 13.3 Å². The highest BCUT2D eigenvalue weighted by molar-refractivity contribution is 7.12. The van der Waals surface area contributed by atoms with Crippen molar-refractivity contribution in [2.75, 3.05) is 18.4 Å². The van der Waals surface area contributed by atoms with Crippen molar-refractivity contribution in [2.24, 2.45) is 0 Å². The maximum atomic E-state index is 12.6. The Balaban J connectivity index is 2.18. The van der Waals surface area contributed by atoms with Crippen LogP contribution < -0.4 is 5.32 Å². The Morgan fingerprint density at radius 3 is 2.58 bits per heavy atom. The van der Waals surface area contributed by atoms with Gasteiger partial charge in [0.05, 0.1) is 5.69 Å². The van der Waals surface area contributed by atoms with Gasteiger partial charge in [-0.05, 0) is 30.0 Å². The fourth-order valence-electron chi connectivity index (χ4n) is 2.10. The second-order valence-corrected chi connectivity index (χ2v) is 5.89. The first-order chi connectivity index (χ1) is 11.5. The number of carboxylic acids is 1. The Hall–Kier alpha value is -2.74. The zero-order valence-electron chi connectivity index (χ0n) is 13.1. The first-order valence-electron chi connectivity index (χ1n) is 7.32. The van der Waals surface area contributed by atoms with E-state index < -0.39 is 11.9 Å². The van der Waals surface area contributed by atoms with Gasteiger partial charge in [0, 0.05) is 24.5 Å². The van der Waals surface area contributed by atoms with Gasteiger partial charge in [0.25, 0.3) is 11.8 Å². The lowest BCUT2D eigenvalue weighted by Crippen LogP contribution is -2.36. The number of amides is 2. The number of pyridine rings is 1. The molecule has 2 amide bonds. The molecular formula is C16H17N3O4S. The number of hydrogen-bond donors (Lipinski definition) is 2. The van der Waals surface area contributed by atoms with E-state index in [0.29, 0.717) is 29.1 Å². The van der Waals surface area contributed by atoms with Crippen LogP contribution in [0.2, 0.25) is 0 Å². The molecule has 0 aliphatic rings. The zero-order valence-corrected chi connectivity index (χ0v) is 13.9. The minimum atomic E-state index is -1.07. The summed E-state index contributed by atoms with van der Waals surface area (Å²) in [4.78, 5) is 41.1. The summed E-state index contributed by atoms with van der Waals surface area (Å²) in [5.41, 5.74) is 0.795. The van der Waals surface area contributed by atoms with Gasteiger partial charge >= 0.3 is 5.97 Å². The van der Waals surface area contributed by atoms with Crippen LogP contribution in [0.15, 0.2) is 36.0 Å². The van der Waals surface area contributed by atoms with E-state index in [0.717, 1.165) is 11.3 Å². The van der Waals surface area contributed by atoms with E-state index in [1.807, 2.05) is 6.92 Å². The molecule has 2 heterocycles. The molecule has 0 fully saturated rings. The Labute approximate surface area is 142 Å². The molecule has 0 spiro atoms. The summed E-state index contributed by atoms with van der Waals surface area (Å²) in [6.45, 7) is 1.83. The number of carbonyl (C=O) groups excluding carboxylic acids is 2. The maximum Gasteiger partial charge on any atom is 0.323 e. The quantitative estimate of drug-likeness (QED) is 0.801. The third kappa shape index (κ3) is 4.39. The molecule has 2 aromatic heterocycles. The molecule has 24 heavy (non-hydrogen) atoms. The summed E-state index contributed by atoms with van der Waals surface area (Å²) in [6.07, 6.45) is 3.65. The molecule has 0 radical (unpaired) electrons. The molecule has 2 rings (SSSR count). The van der Waals surface area contributed by atoms with Crippen LogP contribution in [0.1, 0.15) is 33.4 Å². The number of nitrogens with one attached hydrogen (secondary N) is 1. The van der Waals surface area contributed by atoms with Gasteiger partial charge in [-0.25, -0.2) is 0 Å². The topological polar surface area (TPSA) is 99.6 Å². The van der Waals surface area contributed by atoms with E-state index >= 15 is 0 Å². The largest absolute Gasteiger partial charge is 0.480 e. The number of anilines is 1. The second-order valence-electron chi connectivity index (χ2n) is 4.97. The van der Waals surface area contributed by atoms with Crippen LogP contribution in [0.5, 0.6) is 0 Å². The van der Waals surface area contributed by atoms with Crippen molar-refractivity contribution < 1.29 is 19.5 Å². The fourth-order valence-corrected chi connectivity index (χ4v) is 2.92. The van der Waals surface area contributed by atoms with Crippen molar-refractivity contribution >= 4 is 34.8 Å². The molecular weight excluding hydrogens is 330 g/mol. The van der Waals surface area contributed by atoms with Crippen LogP contribution in [-0.2, 0) is 4.79 Å². The highest BCUT2D eigenvalue weighted by Gasteiger charge is 2.22. The molecule has 7 nitrogen and oxygen atoms in total. The maximum absolute atomic E-state index is 12.6. The number of rotatable bonds is 7. The van der Waals surface area contributed by atoms with Crippen molar-refractivity contribution in [1.29, 1.82) is 0 Å². The minimum absolute atomic E-state index is 0.312. The third-order valence-corrected chi connectivity index (χ3v) is 4.06. The number of hydrogen-bond acceptors (Lipinski definition) is 5. The van der Waals surface area contributed by atoms with E-state index in [2.05, 4.69) is 10.3 Å². The Morgan fingerprint density at radius 2 is 1.96 bits per heavy atom. The highest BCUT2D eigenvalue weighted by atomic mass is 32.1. The molecule has 0 saturated carbocycles. The van der Waals surface area contributed by atoms with Crippen LogP contribution in [0.3, 0.4) is 0 Å². The van der Waals surface area contributed by atoms with Crippen LogP contribution in [0, 0.1) is 0 Å². The predicted octanol–water partition coefficient (Wildman–Crippen LogP) is 2.33. The monoisotopic (exact) mass is 347 g/mol. The molecule has 8 heteroatoms. The highest BCUT2D eigenvalue weighted by Crippen LogP contribution is 2.25. The van der Waals surface area contributed by atoms with Gasteiger partial charge in [0.1, 0.15) is 11.4 Å². The van der Waals surface area contributed by atoms with Crippen LogP contribution in [0.4, 0.5) is 5.69 Å². The van der Waals surface area contributed by atoms with E-state index in [4.69, 9.17) is 5.11 Å². The SMILES string of the molecule is CCCN(CC(=O)O)C(=O)c1sccc1NC(=O)c1ccncc1. The van der Waals surface area contributed by atoms with Crippen molar-refractivity contribution in [1.82, 2.24) is 9.88 Å². The summed E-state index contributed by atoms with van der Waals surface area (Å²) in [5, 5.41) is 13.3. The summed E-state index contributed by atoms with van der Waals surface area (Å²) in [6, 6.07) is 4.76. The molecule has 2 aromatic rings. The van der Waals surface area contributed by atoms with E-state index in [1.54, 1.807) is 23.6 Å². The average molecular weight is 347 g/mol. The Morgan fingerprint density at radius 1 is 1.25 bits per heavy atom. The van der Waals surface area contributed by atoms with E-state index in [-0.39, 0.29) is 12.5 Å². The first kappa shape index (κ1) is 17.6. The normalized spacial score (nSPS) is 10.2. The van der Waals surface area contributed by atoms with Crippen LogP contribution in [-0.4, -0.2) is 45.9 Å². The van der Waals surface area contributed by atoms with Gasteiger partial charge in [-0.2, -0.15) is 0 Å². The van der Waals surface area contributed by atoms with Crippen molar-refractivity contribution in [3.63, 3.8) is 0 Å². The second kappa shape index (κ2) is 8.21. The fraction of sp³-hybridized carbons (Fsp3) is 0.250. The molecule has 0 bridgehead atoms. The molecule has 0 atom stereocenters. The third-order valence-electron chi connectivity index (χ3n) is 3.16. The van der Waals surface area contributed by atoms with E-state index in [9.17, 15) is 14.4 Å². The zero-order chi connectivity index (χ0) is 17.5. The molecule has 0 aliphatic heterocycles. The number of carbonyl (C=O) groups is 3. The predicted molar refractivity (Wildman–Crippen MR) is 90.3 cm³/mol. The summed E-state index contributed by atoms with van der Waals surface area (Å²) in [7, 11) is 0. The summed E-state index contributed by atoms with van der Waals surface area (Å²) >= 11 is 1.16. The lowest BCUT2D eigenvalue weighted by Gasteiger charge is -2.20. The number of nitrogens with zero attached hydrogens (tertiary/aromatic N) is 2. The molecule has 0 saturated heterocycles. The lowest BCUT2D eigenvalue weighted by molar-refractivity contribution is -0.137. The molecule has 0 unspecified atom stereocenters. The van der Waals surface area contributed by atoms with Gasteiger partial charge in [0.2, 0.25) is 0 Å². The standard InChI is InChI=1S/C16H17N3O4S/c1-2-8-19(10-13(20)21)16(23)14-12(5-9-24-14)18-15(22)11-3-6-17-7-4-11/h3-7,9H,2,8,10H2,1H3,(H,18,22)(H,20,21). The van der Waals surface area contributed by atoms with Crippen LogP contribution >= 0.6 is 11.3 Å². The van der Waals surface area contributed by atoms with Crippen molar-refractivity contribution in [3.8, 4) is 0 Å². The number of thiophene rings is 1. The van der Waals surface area contributed by atoms with E-state index in [1.165, 1.54) is 17.3 Å². The number of aliphatic carboxylic acids is 1. The van der Waals surface area contributed by atoms with Gasteiger partial charge in [-0.3, -0.25) is 19.4 Å². The van der Waals surface area contributed by atoms with Gasteiger partial charge in [0.15, 0.2) is 0 Å². The van der Waals surface area contributed by atoms with Gasteiger partial charge < -0.3 is 15.3 Å².